The largest absolute Gasteiger partial charge is 0.328 e. The minimum atomic E-state index is -0.202. The molecule has 1 aliphatic carbocycles. The fourth-order valence-corrected chi connectivity index (χ4v) is 2.86. The van der Waals surface area contributed by atoms with Gasteiger partial charge in [0, 0.05) is 19.8 Å². The Bertz CT molecular complexity index is 675. The fraction of sp³-hybridized carbons (Fsp3) is 0.571. The van der Waals surface area contributed by atoms with Crippen molar-refractivity contribution >= 4 is 6.03 Å². The van der Waals surface area contributed by atoms with Gasteiger partial charge in [0.25, 0.3) is 0 Å². The van der Waals surface area contributed by atoms with Gasteiger partial charge in [-0.05, 0) is 31.7 Å². The molecule has 2 aromatic rings. The molecule has 0 fully saturated rings. The predicted molar refractivity (Wildman–Crippen MR) is 80.0 cm³/mol. The summed E-state index contributed by atoms with van der Waals surface area (Å²) in [6.07, 6.45) is 4.89. The Balaban J connectivity index is 1.61. The molecule has 2 aromatic heterocycles. The van der Waals surface area contributed by atoms with Gasteiger partial charge < -0.3 is 14.8 Å². The molecule has 0 aliphatic heterocycles. The van der Waals surface area contributed by atoms with E-state index in [9.17, 15) is 4.79 Å². The Labute approximate surface area is 128 Å². The summed E-state index contributed by atoms with van der Waals surface area (Å²) in [5.41, 5.74) is 3.47. The average molecular weight is 303 g/mol. The van der Waals surface area contributed by atoms with Crippen LogP contribution < -0.4 is 5.32 Å². The molecule has 1 unspecified atom stereocenters. The van der Waals surface area contributed by atoms with Gasteiger partial charge >= 0.3 is 6.03 Å². The number of carbonyl (C=O) groups excluding carboxylic acids is 1. The lowest BCUT2D eigenvalue weighted by molar-refractivity contribution is 0.202. The molecule has 0 aromatic carbocycles. The summed E-state index contributed by atoms with van der Waals surface area (Å²) >= 11 is 0. The molecule has 8 nitrogen and oxygen atoms in total. The lowest BCUT2D eigenvalue weighted by atomic mass is 10.2. The molecule has 0 radical (unpaired) electrons. The van der Waals surface area contributed by atoms with Gasteiger partial charge in [-0.25, -0.2) is 4.79 Å². The van der Waals surface area contributed by atoms with Gasteiger partial charge in [0.05, 0.1) is 18.3 Å². The summed E-state index contributed by atoms with van der Waals surface area (Å²) in [5.74, 6) is 0.724. The van der Waals surface area contributed by atoms with Crippen molar-refractivity contribution in [1.29, 1.82) is 0 Å². The van der Waals surface area contributed by atoms with Crippen molar-refractivity contribution in [3.05, 3.63) is 29.1 Å². The van der Waals surface area contributed by atoms with E-state index < -0.39 is 0 Å². The van der Waals surface area contributed by atoms with Crippen molar-refractivity contribution < 1.29 is 4.79 Å². The molecule has 1 aliphatic rings. The monoisotopic (exact) mass is 303 g/mol. The van der Waals surface area contributed by atoms with Crippen LogP contribution in [0.4, 0.5) is 4.79 Å². The van der Waals surface area contributed by atoms with E-state index in [1.165, 1.54) is 11.3 Å². The number of fused-ring (bicyclic) bond motifs is 1. The summed E-state index contributed by atoms with van der Waals surface area (Å²) in [4.78, 5) is 13.9. The molecule has 22 heavy (non-hydrogen) atoms. The highest BCUT2D eigenvalue weighted by Gasteiger charge is 2.22. The maximum atomic E-state index is 12.3. The quantitative estimate of drug-likeness (QED) is 0.879. The van der Waals surface area contributed by atoms with Crippen molar-refractivity contribution in [3.63, 3.8) is 0 Å². The number of aromatic nitrogens is 5. The summed E-state index contributed by atoms with van der Waals surface area (Å²) in [6.45, 7) is 2.39. The van der Waals surface area contributed by atoms with Gasteiger partial charge in [-0.3, -0.25) is 5.10 Å². The van der Waals surface area contributed by atoms with Gasteiger partial charge in [-0.2, -0.15) is 5.10 Å². The van der Waals surface area contributed by atoms with Crippen LogP contribution in [-0.2, 0) is 26.4 Å². The number of urea groups is 1. The summed E-state index contributed by atoms with van der Waals surface area (Å²) in [5, 5.41) is 18.2. The number of aromatic amines is 1. The number of amides is 2. The fourth-order valence-electron chi connectivity index (χ4n) is 2.86. The van der Waals surface area contributed by atoms with Gasteiger partial charge in [0.15, 0.2) is 5.82 Å². The molecule has 2 N–H and O–H groups in total. The maximum Gasteiger partial charge on any atom is 0.318 e. The molecule has 0 saturated heterocycles. The minimum absolute atomic E-state index is 0.148. The van der Waals surface area contributed by atoms with E-state index in [1.54, 1.807) is 22.8 Å². The molecule has 8 heteroatoms. The predicted octanol–water partition coefficient (Wildman–Crippen LogP) is 0.929. The molecule has 0 bridgehead atoms. The number of H-pyrrole nitrogens is 1. The summed E-state index contributed by atoms with van der Waals surface area (Å²) in [7, 11) is 3.63. The highest BCUT2D eigenvalue weighted by atomic mass is 16.2. The highest BCUT2D eigenvalue weighted by Crippen LogP contribution is 2.23. The zero-order valence-electron chi connectivity index (χ0n) is 13.1. The van der Waals surface area contributed by atoms with E-state index in [0.29, 0.717) is 6.54 Å². The van der Waals surface area contributed by atoms with Crippen LogP contribution in [0.3, 0.4) is 0 Å². The Morgan fingerprint density at radius 2 is 2.36 bits per heavy atom. The molecule has 1 atom stereocenters. The smallest absolute Gasteiger partial charge is 0.318 e. The Kier molecular flexibility index (Phi) is 3.82. The minimum Gasteiger partial charge on any atom is -0.328 e. The Morgan fingerprint density at radius 3 is 3.09 bits per heavy atom. The topological polar surface area (TPSA) is 91.7 Å². The molecule has 118 valence electrons. The first kappa shape index (κ1) is 14.6. The number of nitrogens with zero attached hydrogens (tertiary/aromatic N) is 5. The third-order valence-corrected chi connectivity index (χ3v) is 4.10. The Hall–Kier alpha value is -2.38. The standard InChI is InChI=1S/C14H21N7O/c1-9(13-19-15-8-21(13)3)16-14(22)20(2)7-12-10-5-4-6-11(10)17-18-12/h8-9H,4-7H2,1-3H3,(H,16,22)(H,17,18). The number of carbonyl (C=O) groups is 1. The maximum absolute atomic E-state index is 12.3. The van der Waals surface area contributed by atoms with Crippen LogP contribution in [0.2, 0.25) is 0 Å². The number of hydrogen-bond acceptors (Lipinski definition) is 4. The number of hydrogen-bond donors (Lipinski definition) is 2. The van der Waals surface area contributed by atoms with Crippen molar-refractivity contribution in [3.8, 4) is 0 Å². The van der Waals surface area contributed by atoms with E-state index in [2.05, 4.69) is 25.7 Å². The van der Waals surface area contributed by atoms with Crippen molar-refractivity contribution in [2.75, 3.05) is 7.05 Å². The van der Waals surface area contributed by atoms with Crippen LogP contribution in [0.1, 0.15) is 42.2 Å². The molecule has 0 saturated carbocycles. The normalized spacial score (nSPS) is 14.7. The molecule has 2 amide bonds. The zero-order valence-corrected chi connectivity index (χ0v) is 13.1. The van der Waals surface area contributed by atoms with Crippen LogP contribution in [0, 0.1) is 0 Å². The summed E-state index contributed by atoms with van der Waals surface area (Å²) < 4.78 is 1.80. The van der Waals surface area contributed by atoms with Crippen molar-refractivity contribution in [2.45, 2.75) is 38.8 Å². The summed E-state index contributed by atoms with van der Waals surface area (Å²) in [6, 6.07) is -0.349. The second kappa shape index (κ2) is 5.78. The van der Waals surface area contributed by atoms with E-state index in [-0.39, 0.29) is 12.1 Å². The van der Waals surface area contributed by atoms with Crippen LogP contribution in [0.25, 0.3) is 0 Å². The van der Waals surface area contributed by atoms with Crippen molar-refractivity contribution in [2.24, 2.45) is 7.05 Å². The third-order valence-electron chi connectivity index (χ3n) is 4.10. The zero-order chi connectivity index (χ0) is 15.7. The van der Waals surface area contributed by atoms with E-state index in [4.69, 9.17) is 0 Å². The highest BCUT2D eigenvalue weighted by molar-refractivity contribution is 5.74. The molecular formula is C14H21N7O. The number of aryl methyl sites for hydroxylation is 2. The first-order chi connectivity index (χ1) is 10.6. The van der Waals surface area contributed by atoms with Gasteiger partial charge in [0.2, 0.25) is 0 Å². The second-order valence-corrected chi connectivity index (χ2v) is 5.81. The lowest BCUT2D eigenvalue weighted by Crippen LogP contribution is -2.39. The van der Waals surface area contributed by atoms with Crippen LogP contribution >= 0.6 is 0 Å². The first-order valence-corrected chi connectivity index (χ1v) is 7.46. The third kappa shape index (κ3) is 2.68. The average Bonchev–Trinajstić information content (AvgIpc) is 3.17. The Morgan fingerprint density at radius 1 is 1.55 bits per heavy atom. The lowest BCUT2D eigenvalue weighted by Gasteiger charge is -2.20. The van der Waals surface area contributed by atoms with Gasteiger partial charge in [0.1, 0.15) is 6.33 Å². The van der Waals surface area contributed by atoms with E-state index >= 15 is 0 Å². The van der Waals surface area contributed by atoms with E-state index in [1.807, 2.05) is 14.0 Å². The van der Waals surface area contributed by atoms with Gasteiger partial charge in [-0.15, -0.1) is 10.2 Å². The van der Waals surface area contributed by atoms with Crippen molar-refractivity contribution in [1.82, 2.24) is 35.2 Å². The molecule has 2 heterocycles. The molecule has 0 spiro atoms. The van der Waals surface area contributed by atoms with E-state index in [0.717, 1.165) is 30.8 Å². The SMILES string of the molecule is CC(NC(=O)N(C)Cc1n[nH]c2c1CCC2)c1nncn1C. The number of rotatable bonds is 4. The number of nitrogens with one attached hydrogen (secondary N) is 2. The van der Waals surface area contributed by atoms with Gasteiger partial charge in [-0.1, -0.05) is 0 Å². The molecular weight excluding hydrogens is 282 g/mol. The van der Waals surface area contributed by atoms with Crippen LogP contribution in [-0.4, -0.2) is 42.9 Å². The molecule has 3 rings (SSSR count). The first-order valence-electron chi connectivity index (χ1n) is 7.46. The van der Waals surface area contributed by atoms with Crippen LogP contribution in [0.5, 0.6) is 0 Å². The second-order valence-electron chi connectivity index (χ2n) is 5.81. The van der Waals surface area contributed by atoms with Crippen LogP contribution in [0.15, 0.2) is 6.33 Å².